The van der Waals surface area contributed by atoms with Gasteiger partial charge in [0.15, 0.2) is 0 Å². The lowest BCUT2D eigenvalue weighted by Crippen LogP contribution is -2.19. The first-order chi connectivity index (χ1) is 16.9. The Bertz CT molecular complexity index is 1360. The van der Waals surface area contributed by atoms with Gasteiger partial charge >= 0.3 is 0 Å². The van der Waals surface area contributed by atoms with Crippen LogP contribution in [0.3, 0.4) is 0 Å². The highest BCUT2D eigenvalue weighted by Gasteiger charge is 2.23. The second kappa shape index (κ2) is 11.3. The highest BCUT2D eigenvalue weighted by atomic mass is 35.5. The number of amides is 2. The average Bonchev–Trinajstić information content (AvgIpc) is 2.85. The number of hydrogen-bond donors (Lipinski definition) is 2. The number of anilines is 2. The fourth-order valence-corrected chi connectivity index (χ4v) is 4.94. The summed E-state index contributed by atoms with van der Waals surface area (Å²) in [5.74, 6) is -0.358. The lowest BCUT2D eigenvalue weighted by atomic mass is 10.1. The molecule has 0 aliphatic heterocycles. The average molecular weight is 501 g/mol. The zero-order chi connectivity index (χ0) is 24.8. The minimum Gasteiger partial charge on any atom is -0.325 e. The number of rotatable bonds is 7. The van der Waals surface area contributed by atoms with Gasteiger partial charge in [-0.1, -0.05) is 71.8 Å². The first kappa shape index (κ1) is 24.6. The van der Waals surface area contributed by atoms with Crippen molar-refractivity contribution in [2.75, 3.05) is 10.6 Å². The monoisotopic (exact) mass is 500 g/mol. The van der Waals surface area contributed by atoms with Gasteiger partial charge in [-0.05, 0) is 67.4 Å². The number of nitrogens with one attached hydrogen (secondary N) is 2. The van der Waals surface area contributed by atoms with E-state index in [0.717, 1.165) is 27.3 Å². The molecule has 176 valence electrons. The summed E-state index contributed by atoms with van der Waals surface area (Å²) < 4.78 is 0. The standard InChI is InChI=1S/C29H25ClN2O2S/c1-19-14-15-26(20(2)16-19)32-29(34)27(21-8-4-3-5-9-21)35-25-13-7-12-24(18-25)31-28(33)22-10-6-11-23(30)17-22/h3-18,27H,1-2H3,(H,31,33)(H,32,34). The molecule has 0 heterocycles. The Hall–Kier alpha value is -3.54. The maximum atomic E-state index is 13.4. The molecule has 0 aromatic heterocycles. The molecule has 0 aliphatic carbocycles. The molecular formula is C29H25ClN2O2S. The predicted octanol–water partition coefficient (Wildman–Crippen LogP) is 7.68. The van der Waals surface area contributed by atoms with Crippen LogP contribution in [0.25, 0.3) is 0 Å². The smallest absolute Gasteiger partial charge is 0.255 e. The third-order valence-corrected chi connectivity index (χ3v) is 6.90. The van der Waals surface area contributed by atoms with Crippen molar-refractivity contribution >= 4 is 46.6 Å². The molecule has 1 unspecified atom stereocenters. The molecule has 4 rings (SSSR count). The number of carbonyl (C=O) groups excluding carboxylic acids is 2. The molecule has 0 saturated carbocycles. The second-order valence-corrected chi connectivity index (χ2v) is 9.82. The highest BCUT2D eigenvalue weighted by Crippen LogP contribution is 2.37. The lowest BCUT2D eigenvalue weighted by molar-refractivity contribution is -0.115. The van der Waals surface area contributed by atoms with E-state index in [1.807, 2.05) is 86.6 Å². The fourth-order valence-electron chi connectivity index (χ4n) is 3.67. The van der Waals surface area contributed by atoms with Crippen molar-refractivity contribution in [3.05, 3.63) is 124 Å². The third kappa shape index (κ3) is 6.53. The molecule has 1 atom stereocenters. The van der Waals surface area contributed by atoms with Gasteiger partial charge in [0, 0.05) is 26.9 Å². The molecule has 0 spiro atoms. The Labute approximate surface area is 214 Å². The number of aryl methyl sites for hydroxylation is 2. The van der Waals surface area contributed by atoms with Gasteiger partial charge in [-0.15, -0.1) is 11.8 Å². The van der Waals surface area contributed by atoms with Crippen LogP contribution in [0.2, 0.25) is 5.02 Å². The summed E-state index contributed by atoms with van der Waals surface area (Å²) in [6, 6.07) is 29.9. The molecule has 4 nitrogen and oxygen atoms in total. The van der Waals surface area contributed by atoms with Crippen molar-refractivity contribution in [3.8, 4) is 0 Å². The van der Waals surface area contributed by atoms with Crippen molar-refractivity contribution in [2.45, 2.75) is 24.0 Å². The highest BCUT2D eigenvalue weighted by molar-refractivity contribution is 8.00. The van der Waals surface area contributed by atoms with Crippen LogP contribution in [0, 0.1) is 13.8 Å². The van der Waals surface area contributed by atoms with E-state index >= 15 is 0 Å². The fraction of sp³-hybridized carbons (Fsp3) is 0.103. The third-order valence-electron chi connectivity index (χ3n) is 5.41. The van der Waals surface area contributed by atoms with Crippen LogP contribution in [0.5, 0.6) is 0 Å². The second-order valence-electron chi connectivity index (χ2n) is 8.21. The number of thioether (sulfide) groups is 1. The van der Waals surface area contributed by atoms with E-state index in [-0.39, 0.29) is 11.8 Å². The Kier molecular flexibility index (Phi) is 7.91. The zero-order valence-electron chi connectivity index (χ0n) is 19.4. The molecule has 2 N–H and O–H groups in total. The van der Waals surface area contributed by atoms with Crippen molar-refractivity contribution in [1.82, 2.24) is 0 Å². The first-order valence-corrected chi connectivity index (χ1v) is 12.4. The predicted molar refractivity (Wildman–Crippen MR) is 145 cm³/mol. The summed E-state index contributed by atoms with van der Waals surface area (Å²) in [5.41, 5.74) is 4.97. The Balaban J connectivity index is 1.55. The van der Waals surface area contributed by atoms with E-state index in [0.29, 0.717) is 16.3 Å². The SMILES string of the molecule is Cc1ccc(NC(=O)C(Sc2cccc(NC(=O)c3cccc(Cl)c3)c2)c2ccccc2)c(C)c1. The summed E-state index contributed by atoms with van der Waals surface area (Å²) in [6.45, 7) is 4.01. The molecule has 2 amide bonds. The summed E-state index contributed by atoms with van der Waals surface area (Å²) in [5, 5.41) is 6.02. The van der Waals surface area contributed by atoms with Crippen LogP contribution in [0.1, 0.15) is 32.3 Å². The number of carbonyl (C=O) groups is 2. The van der Waals surface area contributed by atoms with E-state index in [9.17, 15) is 9.59 Å². The molecule has 0 saturated heterocycles. The van der Waals surface area contributed by atoms with Crippen LogP contribution in [-0.4, -0.2) is 11.8 Å². The number of halogens is 1. The van der Waals surface area contributed by atoms with Crippen molar-refractivity contribution in [2.24, 2.45) is 0 Å². The Morgan fingerprint density at radius 2 is 1.57 bits per heavy atom. The van der Waals surface area contributed by atoms with Gasteiger partial charge in [-0.25, -0.2) is 0 Å². The van der Waals surface area contributed by atoms with Crippen LogP contribution < -0.4 is 10.6 Å². The minimum atomic E-state index is -0.476. The van der Waals surface area contributed by atoms with Gasteiger partial charge in [0.2, 0.25) is 5.91 Å². The van der Waals surface area contributed by atoms with Gasteiger partial charge in [0.05, 0.1) is 0 Å². The zero-order valence-corrected chi connectivity index (χ0v) is 21.0. The number of benzene rings is 4. The lowest BCUT2D eigenvalue weighted by Gasteiger charge is -2.18. The normalized spacial score (nSPS) is 11.5. The molecule has 0 bridgehead atoms. The summed E-state index contributed by atoms with van der Waals surface area (Å²) in [4.78, 5) is 26.9. The van der Waals surface area contributed by atoms with Crippen LogP contribution in [0.15, 0.2) is 102 Å². The van der Waals surface area contributed by atoms with Gasteiger partial charge in [0.1, 0.15) is 5.25 Å². The first-order valence-electron chi connectivity index (χ1n) is 11.2. The van der Waals surface area contributed by atoms with E-state index in [4.69, 9.17) is 11.6 Å². The largest absolute Gasteiger partial charge is 0.325 e. The molecule has 0 radical (unpaired) electrons. The van der Waals surface area contributed by atoms with Crippen LogP contribution in [-0.2, 0) is 4.79 Å². The van der Waals surface area contributed by atoms with Crippen molar-refractivity contribution < 1.29 is 9.59 Å². The maximum Gasteiger partial charge on any atom is 0.255 e. The molecule has 4 aromatic carbocycles. The topological polar surface area (TPSA) is 58.2 Å². The summed E-state index contributed by atoms with van der Waals surface area (Å²) in [7, 11) is 0. The Morgan fingerprint density at radius 1 is 0.800 bits per heavy atom. The van der Waals surface area contributed by atoms with Crippen LogP contribution in [0.4, 0.5) is 11.4 Å². The van der Waals surface area contributed by atoms with E-state index in [1.54, 1.807) is 24.3 Å². The molecule has 35 heavy (non-hydrogen) atoms. The summed E-state index contributed by atoms with van der Waals surface area (Å²) >= 11 is 7.45. The van der Waals surface area contributed by atoms with E-state index in [2.05, 4.69) is 10.6 Å². The maximum absolute atomic E-state index is 13.4. The van der Waals surface area contributed by atoms with Crippen molar-refractivity contribution in [3.63, 3.8) is 0 Å². The summed E-state index contributed by atoms with van der Waals surface area (Å²) in [6.07, 6.45) is 0. The molecule has 6 heteroatoms. The van der Waals surface area contributed by atoms with Gasteiger partial charge < -0.3 is 10.6 Å². The molecule has 0 aliphatic rings. The van der Waals surface area contributed by atoms with Crippen molar-refractivity contribution in [1.29, 1.82) is 0 Å². The van der Waals surface area contributed by atoms with Gasteiger partial charge in [0.25, 0.3) is 5.91 Å². The molecule has 4 aromatic rings. The quantitative estimate of drug-likeness (QED) is 0.256. The van der Waals surface area contributed by atoms with E-state index < -0.39 is 5.25 Å². The Morgan fingerprint density at radius 3 is 2.31 bits per heavy atom. The van der Waals surface area contributed by atoms with E-state index in [1.165, 1.54) is 11.8 Å². The van der Waals surface area contributed by atoms with Gasteiger partial charge in [-0.3, -0.25) is 9.59 Å². The number of hydrogen-bond acceptors (Lipinski definition) is 3. The van der Waals surface area contributed by atoms with Crippen LogP contribution >= 0.6 is 23.4 Å². The van der Waals surface area contributed by atoms with Gasteiger partial charge in [-0.2, -0.15) is 0 Å². The molecule has 0 fully saturated rings. The minimum absolute atomic E-state index is 0.110. The molecular weight excluding hydrogens is 476 g/mol.